The van der Waals surface area contributed by atoms with Crippen LogP contribution >= 0.6 is 0 Å². The number of benzene rings is 2. The van der Waals surface area contributed by atoms with Crippen LogP contribution in [-0.2, 0) is 22.4 Å². The van der Waals surface area contributed by atoms with Gasteiger partial charge in [-0.25, -0.2) is 0 Å². The number of nitriles is 1. The van der Waals surface area contributed by atoms with E-state index in [0.717, 1.165) is 53.7 Å². The summed E-state index contributed by atoms with van der Waals surface area (Å²) < 4.78 is 0. The van der Waals surface area contributed by atoms with Gasteiger partial charge >= 0.3 is 0 Å². The number of nitrogens with zero attached hydrogens (tertiary/aromatic N) is 2. The standard InChI is InChI=1S/C25H26N4O2/c1-29-22-11-19(6-7-20(22)12-23(29)30)18-4-2-16(3-5-18)10-21(14-26)28-24(31)25-9-8-17(13-25)15-27-25/h2-7,11,17,21,27H,8-10,12-13,15H2,1H3,(H,28,31)/t17-,21-,25-/m0/s1. The monoisotopic (exact) mass is 414 g/mol. The number of piperidine rings is 1. The van der Waals surface area contributed by atoms with Gasteiger partial charge in [0, 0.05) is 19.2 Å². The zero-order valence-electron chi connectivity index (χ0n) is 17.6. The van der Waals surface area contributed by atoms with Crippen molar-refractivity contribution in [2.75, 3.05) is 18.5 Å². The van der Waals surface area contributed by atoms with Crippen LogP contribution in [0.1, 0.15) is 30.4 Å². The van der Waals surface area contributed by atoms with Gasteiger partial charge in [0.2, 0.25) is 11.8 Å². The van der Waals surface area contributed by atoms with Gasteiger partial charge in [0.1, 0.15) is 6.04 Å². The Kier molecular flexibility index (Phi) is 4.79. The van der Waals surface area contributed by atoms with E-state index in [1.165, 1.54) is 0 Å². The van der Waals surface area contributed by atoms with Gasteiger partial charge in [0.15, 0.2) is 0 Å². The second-order valence-corrected chi connectivity index (χ2v) is 9.10. The van der Waals surface area contributed by atoms with Crippen LogP contribution in [0.15, 0.2) is 42.5 Å². The molecule has 2 N–H and O–H groups in total. The average Bonchev–Trinajstić information content (AvgIpc) is 3.48. The number of carbonyl (C=O) groups is 2. The molecule has 1 aliphatic carbocycles. The van der Waals surface area contributed by atoms with Crippen molar-refractivity contribution in [2.45, 2.75) is 43.7 Å². The number of carbonyl (C=O) groups excluding carboxylic acids is 2. The molecule has 5 rings (SSSR count). The molecule has 2 aromatic rings. The van der Waals surface area contributed by atoms with Gasteiger partial charge in [0.05, 0.1) is 18.0 Å². The fourth-order valence-corrected chi connectivity index (χ4v) is 5.22. The fourth-order valence-electron chi connectivity index (χ4n) is 5.22. The van der Waals surface area contributed by atoms with Gasteiger partial charge in [-0.3, -0.25) is 9.59 Å². The highest BCUT2D eigenvalue weighted by atomic mass is 16.2. The minimum absolute atomic E-state index is 0.0347. The van der Waals surface area contributed by atoms with Gasteiger partial charge in [-0.1, -0.05) is 36.4 Å². The molecule has 6 heteroatoms. The Morgan fingerprint density at radius 3 is 2.71 bits per heavy atom. The van der Waals surface area contributed by atoms with E-state index in [1.54, 1.807) is 4.90 Å². The Bertz CT molecular complexity index is 1080. The van der Waals surface area contributed by atoms with Crippen molar-refractivity contribution in [2.24, 2.45) is 5.92 Å². The molecule has 0 aromatic heterocycles. The van der Waals surface area contributed by atoms with E-state index in [-0.39, 0.29) is 11.8 Å². The van der Waals surface area contributed by atoms with E-state index in [0.29, 0.717) is 18.8 Å². The van der Waals surface area contributed by atoms with E-state index < -0.39 is 11.6 Å². The van der Waals surface area contributed by atoms with Crippen molar-refractivity contribution in [3.63, 3.8) is 0 Å². The number of amides is 2. The first kappa shape index (κ1) is 19.8. The number of nitrogens with one attached hydrogen (secondary N) is 2. The second-order valence-electron chi connectivity index (χ2n) is 9.10. The maximum Gasteiger partial charge on any atom is 0.241 e. The molecule has 3 aliphatic rings. The molecule has 0 radical (unpaired) electrons. The third-order valence-electron chi connectivity index (χ3n) is 7.13. The molecule has 2 amide bonds. The van der Waals surface area contributed by atoms with Crippen LogP contribution < -0.4 is 15.5 Å². The Morgan fingerprint density at radius 1 is 1.29 bits per heavy atom. The van der Waals surface area contributed by atoms with E-state index in [1.807, 2.05) is 43.4 Å². The van der Waals surface area contributed by atoms with Gasteiger partial charge in [-0.2, -0.15) is 5.26 Å². The van der Waals surface area contributed by atoms with Crippen LogP contribution in [0.25, 0.3) is 11.1 Å². The summed E-state index contributed by atoms with van der Waals surface area (Å²) in [5.74, 6) is 0.677. The Morgan fingerprint density at radius 2 is 2.06 bits per heavy atom. The third kappa shape index (κ3) is 3.49. The summed E-state index contributed by atoms with van der Waals surface area (Å²) in [6.07, 6.45) is 3.77. The molecule has 0 unspecified atom stereocenters. The molecule has 1 saturated heterocycles. The minimum Gasteiger partial charge on any atom is -0.338 e. The smallest absolute Gasteiger partial charge is 0.241 e. The van der Waals surface area contributed by atoms with Gasteiger partial charge in [0.25, 0.3) is 0 Å². The molecule has 1 saturated carbocycles. The number of likely N-dealkylation sites (N-methyl/N-ethyl adjacent to an activating group) is 1. The highest BCUT2D eigenvalue weighted by molar-refractivity contribution is 6.01. The highest BCUT2D eigenvalue weighted by Gasteiger charge is 2.50. The van der Waals surface area contributed by atoms with Crippen molar-refractivity contribution < 1.29 is 9.59 Å². The van der Waals surface area contributed by atoms with Crippen molar-refractivity contribution >= 4 is 17.5 Å². The third-order valence-corrected chi connectivity index (χ3v) is 7.13. The molecule has 31 heavy (non-hydrogen) atoms. The quantitative estimate of drug-likeness (QED) is 0.788. The molecular weight excluding hydrogens is 388 g/mol. The van der Waals surface area contributed by atoms with Crippen molar-refractivity contribution in [3.05, 3.63) is 53.6 Å². The molecule has 2 fully saturated rings. The zero-order chi connectivity index (χ0) is 21.6. The lowest BCUT2D eigenvalue weighted by atomic mass is 9.96. The maximum absolute atomic E-state index is 12.8. The number of anilines is 1. The number of hydrogen-bond acceptors (Lipinski definition) is 4. The number of fused-ring (bicyclic) bond motifs is 3. The Hall–Kier alpha value is -3.17. The molecule has 158 valence electrons. The van der Waals surface area contributed by atoms with Crippen LogP contribution in [0, 0.1) is 17.2 Å². The first-order chi connectivity index (χ1) is 15.0. The molecule has 6 nitrogen and oxygen atoms in total. The van der Waals surface area contributed by atoms with Gasteiger partial charge in [-0.05, 0) is 60.0 Å². The summed E-state index contributed by atoms with van der Waals surface area (Å²) in [5.41, 5.74) is 4.68. The van der Waals surface area contributed by atoms with Crippen molar-refractivity contribution in [1.29, 1.82) is 5.26 Å². The maximum atomic E-state index is 12.8. The molecule has 2 bridgehead atoms. The topological polar surface area (TPSA) is 85.2 Å². The minimum atomic E-state index is -0.547. The Balaban J connectivity index is 1.26. The lowest BCUT2D eigenvalue weighted by Gasteiger charge is -2.27. The SMILES string of the molecule is CN1C(=O)Cc2ccc(-c3ccc(C[C@@H](C#N)NC(=O)[C@@]45CC[C@H](CN4)C5)cc3)cc21. The molecule has 2 aromatic carbocycles. The van der Waals surface area contributed by atoms with E-state index >= 15 is 0 Å². The van der Waals surface area contributed by atoms with Gasteiger partial charge < -0.3 is 15.5 Å². The number of hydrogen-bond donors (Lipinski definition) is 2. The fraction of sp³-hybridized carbons (Fsp3) is 0.400. The Labute approximate surface area is 182 Å². The van der Waals surface area contributed by atoms with Crippen LogP contribution in [-0.4, -0.2) is 37.0 Å². The first-order valence-electron chi connectivity index (χ1n) is 10.9. The molecular formula is C25H26N4O2. The van der Waals surface area contributed by atoms with E-state index in [2.05, 4.69) is 22.8 Å². The van der Waals surface area contributed by atoms with Crippen molar-refractivity contribution in [1.82, 2.24) is 10.6 Å². The molecule has 2 heterocycles. The van der Waals surface area contributed by atoms with Crippen LogP contribution in [0.2, 0.25) is 0 Å². The predicted molar refractivity (Wildman–Crippen MR) is 118 cm³/mol. The van der Waals surface area contributed by atoms with Crippen LogP contribution in [0.5, 0.6) is 0 Å². The van der Waals surface area contributed by atoms with E-state index in [4.69, 9.17) is 0 Å². The summed E-state index contributed by atoms with van der Waals surface area (Å²) in [6, 6.07) is 15.9. The van der Waals surface area contributed by atoms with Crippen LogP contribution in [0.4, 0.5) is 5.69 Å². The highest BCUT2D eigenvalue weighted by Crippen LogP contribution is 2.40. The normalized spacial score (nSPS) is 24.7. The van der Waals surface area contributed by atoms with Gasteiger partial charge in [-0.15, -0.1) is 0 Å². The lowest BCUT2D eigenvalue weighted by molar-refractivity contribution is -0.127. The largest absolute Gasteiger partial charge is 0.338 e. The zero-order valence-corrected chi connectivity index (χ0v) is 17.6. The summed E-state index contributed by atoms with van der Waals surface area (Å²) in [5, 5.41) is 15.9. The predicted octanol–water partition coefficient (Wildman–Crippen LogP) is 2.57. The molecule has 0 spiro atoms. The summed E-state index contributed by atoms with van der Waals surface area (Å²) >= 11 is 0. The molecule has 3 atom stereocenters. The molecule has 2 aliphatic heterocycles. The summed E-state index contributed by atoms with van der Waals surface area (Å²) in [7, 11) is 1.81. The van der Waals surface area contributed by atoms with E-state index in [9.17, 15) is 14.9 Å². The second kappa shape index (κ2) is 7.51. The lowest BCUT2D eigenvalue weighted by Crippen LogP contribution is -2.55. The van der Waals surface area contributed by atoms with Crippen LogP contribution in [0.3, 0.4) is 0 Å². The average molecular weight is 415 g/mol. The summed E-state index contributed by atoms with van der Waals surface area (Å²) in [4.78, 5) is 26.4. The first-order valence-corrected chi connectivity index (χ1v) is 10.9. The van der Waals surface area contributed by atoms with Crippen molar-refractivity contribution in [3.8, 4) is 17.2 Å². The number of rotatable bonds is 5. The summed E-state index contributed by atoms with van der Waals surface area (Å²) in [6.45, 7) is 0.902.